The van der Waals surface area contributed by atoms with E-state index in [2.05, 4.69) is 9.97 Å². The van der Waals surface area contributed by atoms with Crippen LogP contribution in [-0.2, 0) is 15.9 Å². The summed E-state index contributed by atoms with van der Waals surface area (Å²) in [4.78, 5) is 38.3. The van der Waals surface area contributed by atoms with E-state index in [1.54, 1.807) is 21.9 Å². The molecule has 0 radical (unpaired) electrons. The SMILES string of the molecule is CCN(C(=O)c1nc2ccccc2[nH]1)[C@H]1COCC(N(C(=O)OC(C)(C)C)[C@@H]2CCc3cc(F)ccc32)C1. The van der Waals surface area contributed by atoms with E-state index in [-0.39, 0.29) is 35.7 Å². The molecule has 9 heteroatoms. The van der Waals surface area contributed by atoms with Crippen molar-refractivity contribution >= 4 is 23.0 Å². The Labute approximate surface area is 222 Å². The van der Waals surface area contributed by atoms with Crippen LogP contribution >= 0.6 is 0 Å². The van der Waals surface area contributed by atoms with Gasteiger partial charge in [0, 0.05) is 6.54 Å². The Morgan fingerprint density at radius 1 is 1.16 bits per heavy atom. The Bertz CT molecular complexity index is 1300. The molecule has 202 valence electrons. The Hall–Kier alpha value is -3.46. The zero-order chi connectivity index (χ0) is 27.0. The molecule has 2 aliphatic rings. The van der Waals surface area contributed by atoms with Gasteiger partial charge in [-0.1, -0.05) is 18.2 Å². The molecule has 0 spiro atoms. The molecule has 3 atom stereocenters. The number of imidazole rings is 1. The maximum atomic E-state index is 13.9. The fourth-order valence-electron chi connectivity index (χ4n) is 5.66. The summed E-state index contributed by atoms with van der Waals surface area (Å²) in [6.07, 6.45) is 1.46. The second-order valence-electron chi connectivity index (χ2n) is 11.1. The van der Waals surface area contributed by atoms with Crippen LogP contribution in [0.5, 0.6) is 0 Å². The minimum atomic E-state index is -0.679. The van der Waals surface area contributed by atoms with E-state index < -0.39 is 11.7 Å². The number of rotatable bonds is 5. The summed E-state index contributed by atoms with van der Waals surface area (Å²) in [7, 11) is 0. The van der Waals surface area contributed by atoms with Crippen LogP contribution in [0.2, 0.25) is 0 Å². The normalized spacial score (nSPS) is 21.2. The van der Waals surface area contributed by atoms with Crippen molar-refractivity contribution < 1.29 is 23.5 Å². The zero-order valence-electron chi connectivity index (χ0n) is 22.4. The van der Waals surface area contributed by atoms with Crippen LogP contribution in [0.3, 0.4) is 0 Å². The highest BCUT2D eigenvalue weighted by molar-refractivity contribution is 5.94. The van der Waals surface area contributed by atoms with E-state index in [0.717, 1.165) is 22.2 Å². The van der Waals surface area contributed by atoms with Crippen molar-refractivity contribution in [1.82, 2.24) is 19.8 Å². The number of fused-ring (bicyclic) bond motifs is 2. The fourth-order valence-corrected chi connectivity index (χ4v) is 5.66. The second-order valence-corrected chi connectivity index (χ2v) is 11.1. The van der Waals surface area contributed by atoms with E-state index >= 15 is 0 Å². The summed E-state index contributed by atoms with van der Waals surface area (Å²) >= 11 is 0. The predicted octanol–water partition coefficient (Wildman–Crippen LogP) is 5.25. The second kappa shape index (κ2) is 10.4. The summed E-state index contributed by atoms with van der Waals surface area (Å²) in [5.74, 6) is -0.202. The van der Waals surface area contributed by atoms with Crippen LogP contribution in [0.1, 0.15) is 68.3 Å². The van der Waals surface area contributed by atoms with E-state index in [9.17, 15) is 14.0 Å². The molecule has 2 aromatic carbocycles. The molecule has 5 rings (SSSR count). The van der Waals surface area contributed by atoms with Gasteiger partial charge in [-0.05, 0) is 82.3 Å². The summed E-state index contributed by atoms with van der Waals surface area (Å²) in [6, 6.07) is 11.5. The number of H-pyrrole nitrogens is 1. The molecule has 2 amide bonds. The third-order valence-electron chi connectivity index (χ3n) is 7.28. The zero-order valence-corrected chi connectivity index (χ0v) is 22.4. The van der Waals surface area contributed by atoms with Crippen LogP contribution in [-0.4, -0.2) is 69.2 Å². The molecule has 1 aliphatic heterocycles. The lowest BCUT2D eigenvalue weighted by atomic mass is 9.98. The molecule has 1 aromatic heterocycles. The number of hydrogen-bond acceptors (Lipinski definition) is 5. The van der Waals surface area contributed by atoms with Gasteiger partial charge in [-0.15, -0.1) is 0 Å². The fraction of sp³-hybridized carbons (Fsp3) is 0.483. The van der Waals surface area contributed by atoms with Gasteiger partial charge in [-0.25, -0.2) is 14.2 Å². The molecule has 1 unspecified atom stereocenters. The number of halogens is 1. The van der Waals surface area contributed by atoms with Gasteiger partial charge >= 0.3 is 6.09 Å². The van der Waals surface area contributed by atoms with E-state index in [4.69, 9.17) is 9.47 Å². The molecular formula is C29H35FN4O4. The number of ether oxygens (including phenoxy) is 2. The van der Waals surface area contributed by atoms with Gasteiger partial charge in [0.2, 0.25) is 0 Å². The van der Waals surface area contributed by atoms with Crippen molar-refractivity contribution in [2.75, 3.05) is 19.8 Å². The monoisotopic (exact) mass is 522 g/mol. The number of para-hydroxylation sites is 2. The maximum absolute atomic E-state index is 13.9. The Balaban J connectivity index is 1.41. The smallest absolute Gasteiger partial charge is 0.411 e. The van der Waals surface area contributed by atoms with Crippen molar-refractivity contribution in [3.8, 4) is 0 Å². The first-order chi connectivity index (χ1) is 18.1. The highest BCUT2D eigenvalue weighted by Gasteiger charge is 2.42. The lowest BCUT2D eigenvalue weighted by Gasteiger charge is -2.43. The van der Waals surface area contributed by atoms with Gasteiger partial charge in [0.25, 0.3) is 5.91 Å². The van der Waals surface area contributed by atoms with Gasteiger partial charge in [0.15, 0.2) is 5.82 Å². The summed E-state index contributed by atoms with van der Waals surface area (Å²) < 4.78 is 25.8. The number of nitrogens with zero attached hydrogens (tertiary/aromatic N) is 3. The molecular weight excluding hydrogens is 487 g/mol. The lowest BCUT2D eigenvalue weighted by molar-refractivity contribution is -0.0504. The third kappa shape index (κ3) is 5.25. The number of aromatic nitrogens is 2. The van der Waals surface area contributed by atoms with Crippen LogP contribution in [0, 0.1) is 5.82 Å². The number of aromatic amines is 1. The molecule has 0 saturated carbocycles. The van der Waals surface area contributed by atoms with Gasteiger partial charge in [0.1, 0.15) is 11.4 Å². The van der Waals surface area contributed by atoms with Crippen molar-refractivity contribution in [2.45, 2.75) is 70.7 Å². The van der Waals surface area contributed by atoms with Crippen LogP contribution < -0.4 is 0 Å². The topological polar surface area (TPSA) is 87.8 Å². The first-order valence-corrected chi connectivity index (χ1v) is 13.3. The number of aryl methyl sites for hydroxylation is 1. The lowest BCUT2D eigenvalue weighted by Crippen LogP contribution is -2.55. The van der Waals surface area contributed by atoms with Crippen LogP contribution in [0.25, 0.3) is 11.0 Å². The van der Waals surface area contributed by atoms with Crippen molar-refractivity contribution in [2.24, 2.45) is 0 Å². The molecule has 2 heterocycles. The van der Waals surface area contributed by atoms with Crippen LogP contribution in [0.4, 0.5) is 9.18 Å². The quantitative estimate of drug-likeness (QED) is 0.495. The number of benzene rings is 2. The molecule has 1 N–H and O–H groups in total. The summed E-state index contributed by atoms with van der Waals surface area (Å²) in [6.45, 7) is 8.61. The van der Waals surface area contributed by atoms with Crippen LogP contribution in [0.15, 0.2) is 42.5 Å². The predicted molar refractivity (Wildman–Crippen MR) is 141 cm³/mol. The summed E-state index contributed by atoms with van der Waals surface area (Å²) in [5.41, 5.74) is 2.70. The molecule has 0 bridgehead atoms. The number of likely N-dealkylation sites (N-methyl/N-ethyl adjacent to an activating group) is 1. The number of hydrogen-bond donors (Lipinski definition) is 1. The Morgan fingerprint density at radius 2 is 1.92 bits per heavy atom. The van der Waals surface area contributed by atoms with E-state index in [1.165, 1.54) is 6.07 Å². The molecule has 1 fully saturated rings. The van der Waals surface area contributed by atoms with Crippen molar-refractivity contribution in [3.63, 3.8) is 0 Å². The van der Waals surface area contributed by atoms with E-state index in [0.29, 0.717) is 39.0 Å². The standard InChI is InChI=1S/C29H35FN4O4/c1-5-33(27(35)26-31-23-8-6-7-9-24(23)32-26)20-15-21(17-37-16-20)34(28(36)38-29(2,3)4)25-13-10-18-14-19(30)11-12-22(18)25/h6-9,11-12,14,20-21,25H,5,10,13,15-17H2,1-4H3,(H,31,32)/t20-,21?,25-/m1/s1. The Kier molecular flexibility index (Phi) is 7.13. The van der Waals surface area contributed by atoms with E-state index in [1.807, 2.05) is 52.0 Å². The van der Waals surface area contributed by atoms with Gasteiger partial charge in [-0.2, -0.15) is 0 Å². The van der Waals surface area contributed by atoms with Gasteiger partial charge in [-0.3, -0.25) is 9.69 Å². The molecule has 1 saturated heterocycles. The number of nitrogens with one attached hydrogen (secondary N) is 1. The molecule has 38 heavy (non-hydrogen) atoms. The third-order valence-corrected chi connectivity index (χ3v) is 7.28. The maximum Gasteiger partial charge on any atom is 0.411 e. The first kappa shape index (κ1) is 26.2. The highest BCUT2D eigenvalue weighted by Crippen LogP contribution is 2.39. The largest absolute Gasteiger partial charge is 0.444 e. The average Bonchev–Trinajstić information content (AvgIpc) is 3.48. The minimum Gasteiger partial charge on any atom is -0.444 e. The molecule has 8 nitrogen and oxygen atoms in total. The highest BCUT2D eigenvalue weighted by atomic mass is 19.1. The number of amides is 2. The Morgan fingerprint density at radius 3 is 2.66 bits per heavy atom. The van der Waals surface area contributed by atoms with Gasteiger partial charge < -0.3 is 19.4 Å². The van der Waals surface area contributed by atoms with Gasteiger partial charge in [0.05, 0.1) is 42.4 Å². The summed E-state index contributed by atoms with van der Waals surface area (Å²) in [5, 5.41) is 0. The van der Waals surface area contributed by atoms with Crippen molar-refractivity contribution in [1.29, 1.82) is 0 Å². The van der Waals surface area contributed by atoms with Crippen molar-refractivity contribution in [3.05, 3.63) is 65.2 Å². The molecule has 3 aromatic rings. The average molecular weight is 523 g/mol. The first-order valence-electron chi connectivity index (χ1n) is 13.3. The number of carbonyl (C=O) groups excluding carboxylic acids is 2. The minimum absolute atomic E-state index is 0.205. The number of carbonyl (C=O) groups is 2. The molecule has 1 aliphatic carbocycles.